The van der Waals surface area contributed by atoms with Gasteiger partial charge in [0, 0.05) is 11.1 Å². The smallest absolute Gasteiger partial charge is 0.332 e. The van der Waals surface area contributed by atoms with E-state index in [2.05, 4.69) is 15.0 Å². The molecule has 32 heavy (non-hydrogen) atoms. The maximum absolute atomic E-state index is 13.9. The van der Waals surface area contributed by atoms with Gasteiger partial charge in [0.2, 0.25) is 0 Å². The number of imidazole rings is 1. The van der Waals surface area contributed by atoms with E-state index in [0.717, 1.165) is 16.7 Å². The van der Waals surface area contributed by atoms with Crippen LogP contribution in [-0.4, -0.2) is 39.2 Å². The first-order chi connectivity index (χ1) is 15.3. The molecule has 0 saturated heterocycles. The van der Waals surface area contributed by atoms with Crippen LogP contribution in [0.3, 0.4) is 0 Å². The van der Waals surface area contributed by atoms with Gasteiger partial charge in [0.1, 0.15) is 11.3 Å². The predicted molar refractivity (Wildman–Crippen MR) is 110 cm³/mol. The Labute approximate surface area is 178 Å². The molecule has 4 rings (SSSR count). The van der Waals surface area contributed by atoms with Crippen molar-refractivity contribution < 1.29 is 22.7 Å². The van der Waals surface area contributed by atoms with E-state index in [1.165, 1.54) is 19.2 Å². The second-order valence-electron chi connectivity index (χ2n) is 6.81. The number of carbonyl (C=O) groups is 1. The number of benzene rings is 2. The Hall–Kier alpha value is -4.15. The van der Waals surface area contributed by atoms with Crippen LogP contribution in [0.4, 0.5) is 13.2 Å². The number of primary amides is 1. The first kappa shape index (κ1) is 21.1. The molecule has 0 aliphatic carbocycles. The lowest BCUT2D eigenvalue weighted by Gasteiger charge is -2.13. The molecule has 0 aliphatic rings. The van der Waals surface area contributed by atoms with Crippen molar-refractivity contribution in [1.82, 2.24) is 19.5 Å². The number of fused-ring (bicyclic) bond motifs is 1. The zero-order valence-corrected chi connectivity index (χ0v) is 16.6. The van der Waals surface area contributed by atoms with Gasteiger partial charge in [-0.25, -0.2) is 23.7 Å². The number of amides is 1. The Morgan fingerprint density at radius 1 is 1.19 bits per heavy atom. The maximum atomic E-state index is 13.9. The SMILES string of the molecule is COc1ccccc1-n1c(=O)[nH]c2c(C(N)=O)nc(-c3cccc(C(F)(F)CF)c3)nc21. The molecule has 0 atom stereocenters. The number of halogens is 3. The Bertz CT molecular complexity index is 1400. The lowest BCUT2D eigenvalue weighted by molar-refractivity contribution is -0.0280. The van der Waals surface area contributed by atoms with Gasteiger partial charge in [-0.2, -0.15) is 8.78 Å². The van der Waals surface area contributed by atoms with E-state index in [1.807, 2.05) is 0 Å². The molecule has 0 unspecified atom stereocenters. The summed E-state index contributed by atoms with van der Waals surface area (Å²) in [4.78, 5) is 35.7. The molecular weight excluding hydrogens is 427 g/mol. The van der Waals surface area contributed by atoms with Crippen LogP contribution in [0.2, 0.25) is 0 Å². The van der Waals surface area contributed by atoms with Crippen molar-refractivity contribution in [3.05, 3.63) is 70.3 Å². The number of aromatic nitrogens is 4. The average Bonchev–Trinajstić information content (AvgIpc) is 3.13. The van der Waals surface area contributed by atoms with E-state index < -0.39 is 29.8 Å². The van der Waals surface area contributed by atoms with Crippen molar-refractivity contribution in [3.63, 3.8) is 0 Å². The normalized spacial score (nSPS) is 11.6. The number of nitrogens with one attached hydrogen (secondary N) is 1. The molecule has 0 bridgehead atoms. The number of alkyl halides is 3. The number of rotatable bonds is 6. The Kier molecular flexibility index (Phi) is 5.17. The van der Waals surface area contributed by atoms with Crippen molar-refractivity contribution in [2.45, 2.75) is 5.92 Å². The summed E-state index contributed by atoms with van der Waals surface area (Å²) in [6, 6.07) is 11.4. The molecule has 1 amide bonds. The maximum Gasteiger partial charge on any atom is 0.332 e. The molecule has 0 fully saturated rings. The first-order valence-electron chi connectivity index (χ1n) is 9.27. The van der Waals surface area contributed by atoms with Gasteiger partial charge < -0.3 is 15.5 Å². The van der Waals surface area contributed by atoms with Crippen LogP contribution in [0, 0.1) is 0 Å². The van der Waals surface area contributed by atoms with Crippen molar-refractivity contribution >= 4 is 17.1 Å². The van der Waals surface area contributed by atoms with Gasteiger partial charge >= 0.3 is 11.6 Å². The molecule has 2 aromatic heterocycles. The zero-order chi connectivity index (χ0) is 23.0. The highest BCUT2D eigenvalue weighted by molar-refractivity contribution is 6.02. The molecule has 0 aliphatic heterocycles. The van der Waals surface area contributed by atoms with Crippen LogP contribution in [-0.2, 0) is 5.92 Å². The summed E-state index contributed by atoms with van der Waals surface area (Å²) in [5.74, 6) is -4.47. The Morgan fingerprint density at radius 2 is 1.94 bits per heavy atom. The number of hydrogen-bond donors (Lipinski definition) is 2. The molecule has 2 aromatic carbocycles. The molecule has 3 N–H and O–H groups in total. The number of para-hydroxylation sites is 2. The number of ether oxygens (including phenoxy) is 1. The Balaban J connectivity index is 2.02. The summed E-state index contributed by atoms with van der Waals surface area (Å²) in [5.41, 5.74) is 4.28. The lowest BCUT2D eigenvalue weighted by atomic mass is 10.1. The molecule has 0 spiro atoms. The van der Waals surface area contributed by atoms with E-state index in [-0.39, 0.29) is 28.2 Å². The fraction of sp³-hybridized carbons (Fsp3) is 0.143. The summed E-state index contributed by atoms with van der Waals surface area (Å²) in [6.07, 6.45) is 0. The molecule has 0 saturated carbocycles. The van der Waals surface area contributed by atoms with E-state index in [4.69, 9.17) is 10.5 Å². The highest BCUT2D eigenvalue weighted by Crippen LogP contribution is 2.32. The number of carbonyl (C=O) groups excluding carboxylic acids is 1. The van der Waals surface area contributed by atoms with Crippen LogP contribution in [0.5, 0.6) is 5.75 Å². The fourth-order valence-electron chi connectivity index (χ4n) is 3.29. The third-order valence-corrected chi connectivity index (χ3v) is 4.81. The first-order valence-corrected chi connectivity index (χ1v) is 9.27. The monoisotopic (exact) mass is 443 g/mol. The predicted octanol–water partition coefficient (Wildman–Crippen LogP) is 2.94. The number of methoxy groups -OCH3 is 1. The van der Waals surface area contributed by atoms with Crippen molar-refractivity contribution in [1.29, 1.82) is 0 Å². The van der Waals surface area contributed by atoms with Gasteiger partial charge in [-0.05, 0) is 18.2 Å². The van der Waals surface area contributed by atoms with Crippen molar-refractivity contribution in [2.75, 3.05) is 13.8 Å². The molecule has 4 aromatic rings. The second-order valence-corrected chi connectivity index (χ2v) is 6.81. The number of nitrogens with two attached hydrogens (primary N) is 1. The summed E-state index contributed by atoms with van der Waals surface area (Å²) >= 11 is 0. The third kappa shape index (κ3) is 3.47. The second kappa shape index (κ2) is 7.84. The number of aromatic amines is 1. The van der Waals surface area contributed by atoms with E-state index in [9.17, 15) is 22.8 Å². The van der Waals surface area contributed by atoms with Crippen LogP contribution in [0.15, 0.2) is 53.3 Å². The number of hydrogen-bond acceptors (Lipinski definition) is 5. The van der Waals surface area contributed by atoms with Gasteiger partial charge in [-0.3, -0.25) is 4.79 Å². The van der Waals surface area contributed by atoms with Gasteiger partial charge in [0.15, 0.2) is 23.8 Å². The van der Waals surface area contributed by atoms with E-state index in [1.54, 1.807) is 24.3 Å². The number of nitrogens with zero attached hydrogens (tertiary/aromatic N) is 3. The minimum absolute atomic E-state index is 0.0130. The topological polar surface area (TPSA) is 116 Å². The van der Waals surface area contributed by atoms with Gasteiger partial charge in [-0.1, -0.05) is 30.3 Å². The zero-order valence-electron chi connectivity index (χ0n) is 16.6. The average molecular weight is 443 g/mol. The lowest BCUT2D eigenvalue weighted by Crippen LogP contribution is -2.17. The highest BCUT2D eigenvalue weighted by Gasteiger charge is 2.32. The molecular formula is C21H16F3N5O3. The molecule has 0 radical (unpaired) electrons. The van der Waals surface area contributed by atoms with Crippen LogP contribution >= 0.6 is 0 Å². The molecule has 11 heteroatoms. The minimum atomic E-state index is -3.71. The molecule has 164 valence electrons. The van der Waals surface area contributed by atoms with Crippen molar-refractivity contribution in [2.24, 2.45) is 5.73 Å². The number of H-pyrrole nitrogens is 1. The quantitative estimate of drug-likeness (QED) is 0.475. The summed E-state index contributed by atoms with van der Waals surface area (Å²) in [7, 11) is 1.42. The van der Waals surface area contributed by atoms with Gasteiger partial charge in [-0.15, -0.1) is 0 Å². The van der Waals surface area contributed by atoms with E-state index in [0.29, 0.717) is 11.4 Å². The summed E-state index contributed by atoms with van der Waals surface area (Å²) in [6.45, 7) is -1.88. The minimum Gasteiger partial charge on any atom is -0.495 e. The van der Waals surface area contributed by atoms with Gasteiger partial charge in [0.25, 0.3) is 5.91 Å². The summed E-state index contributed by atoms with van der Waals surface area (Å²) in [5, 5.41) is 0. The van der Waals surface area contributed by atoms with E-state index >= 15 is 0 Å². The largest absolute Gasteiger partial charge is 0.495 e. The fourth-order valence-corrected chi connectivity index (χ4v) is 3.29. The third-order valence-electron chi connectivity index (χ3n) is 4.81. The van der Waals surface area contributed by atoms with Crippen molar-refractivity contribution in [3.8, 4) is 22.8 Å². The molecule has 2 heterocycles. The molecule has 8 nitrogen and oxygen atoms in total. The highest BCUT2D eigenvalue weighted by atomic mass is 19.3. The van der Waals surface area contributed by atoms with Gasteiger partial charge in [0.05, 0.1) is 12.8 Å². The van der Waals surface area contributed by atoms with Crippen LogP contribution in [0.25, 0.3) is 28.2 Å². The standard InChI is InChI=1S/C21H16F3N5O3/c1-32-14-8-3-2-7-13(14)29-19-16(27-20(29)31)15(17(25)30)26-18(28-19)11-5-4-6-12(9-11)21(23,24)10-22/h2-9H,10H2,1H3,(H2,25,30)(H,27,31). The summed E-state index contributed by atoms with van der Waals surface area (Å²) < 4.78 is 47.0. The Morgan fingerprint density at radius 3 is 2.62 bits per heavy atom. The van der Waals surface area contributed by atoms with Crippen LogP contribution < -0.4 is 16.2 Å². The van der Waals surface area contributed by atoms with Crippen LogP contribution in [0.1, 0.15) is 16.1 Å².